The Kier molecular flexibility index (Phi) is 5.99. The molecule has 0 radical (unpaired) electrons. The summed E-state index contributed by atoms with van der Waals surface area (Å²) < 4.78 is 5.53. The highest BCUT2D eigenvalue weighted by molar-refractivity contribution is 7.14. The Bertz CT molecular complexity index is 1240. The van der Waals surface area contributed by atoms with E-state index in [1.807, 2.05) is 19.1 Å². The number of non-ortho nitro benzene ring substituents is 1. The number of aromatic nitrogens is 1. The number of hydrogen-bond acceptors (Lipinski definition) is 9. The van der Waals surface area contributed by atoms with Crippen LogP contribution in [0.25, 0.3) is 11.3 Å². The molecular weight excluding hydrogens is 432 g/mol. The smallest absolute Gasteiger partial charge is 0.282 e. The van der Waals surface area contributed by atoms with Crippen molar-refractivity contribution in [3.63, 3.8) is 0 Å². The zero-order valence-electron chi connectivity index (χ0n) is 17.2. The Labute approximate surface area is 187 Å². The average molecular weight is 450 g/mol. The van der Waals surface area contributed by atoms with Crippen molar-refractivity contribution in [3.8, 4) is 17.0 Å². The lowest BCUT2D eigenvalue weighted by Gasteiger charge is -2.08. The van der Waals surface area contributed by atoms with Crippen LogP contribution >= 0.6 is 11.3 Å². The van der Waals surface area contributed by atoms with Crippen LogP contribution in [0.5, 0.6) is 5.75 Å². The fourth-order valence-corrected chi connectivity index (χ4v) is 3.82. The number of azo groups is 1. The van der Waals surface area contributed by atoms with E-state index in [0.29, 0.717) is 40.1 Å². The molecule has 1 aliphatic rings. The van der Waals surface area contributed by atoms with E-state index in [0.717, 1.165) is 0 Å². The molecule has 1 atom stereocenters. The van der Waals surface area contributed by atoms with Gasteiger partial charge in [0, 0.05) is 23.1 Å². The first-order valence-corrected chi connectivity index (χ1v) is 10.6. The molecule has 1 aliphatic heterocycles. The second kappa shape index (κ2) is 9.02. The number of amides is 1. The fraction of sp³-hybridized carbons (Fsp3) is 0.190. The summed E-state index contributed by atoms with van der Waals surface area (Å²) in [4.78, 5) is 27.9. The molecule has 1 aromatic heterocycles. The monoisotopic (exact) mass is 450 g/mol. The first-order chi connectivity index (χ1) is 15.5. The van der Waals surface area contributed by atoms with Gasteiger partial charge < -0.3 is 4.74 Å². The predicted octanol–water partition coefficient (Wildman–Crippen LogP) is 4.99. The van der Waals surface area contributed by atoms with Gasteiger partial charge >= 0.3 is 0 Å². The highest BCUT2D eigenvalue weighted by Gasteiger charge is 2.36. The average Bonchev–Trinajstić information content (AvgIpc) is 3.38. The maximum absolute atomic E-state index is 12.9. The molecule has 1 amide bonds. The highest BCUT2D eigenvalue weighted by atomic mass is 32.1. The molecule has 0 saturated heterocycles. The first-order valence-electron chi connectivity index (χ1n) is 9.70. The normalized spacial score (nSPS) is 15.9. The molecule has 4 rings (SSSR count). The minimum absolute atomic E-state index is 0.0315. The molecule has 0 bridgehead atoms. The molecule has 10 nitrogen and oxygen atoms in total. The van der Waals surface area contributed by atoms with Crippen LogP contribution in [0, 0.1) is 10.1 Å². The Balaban J connectivity index is 1.55. The maximum atomic E-state index is 12.9. The van der Waals surface area contributed by atoms with Gasteiger partial charge in [-0.1, -0.05) is 24.3 Å². The lowest BCUT2D eigenvalue weighted by molar-refractivity contribution is -0.384. The summed E-state index contributed by atoms with van der Waals surface area (Å²) in [7, 11) is 0. The van der Waals surface area contributed by atoms with Gasteiger partial charge in [-0.15, -0.1) is 11.3 Å². The number of hydrazone groups is 1. The molecule has 0 spiro atoms. The first kappa shape index (κ1) is 21.2. The number of nitrogens with zero attached hydrogens (tertiary/aromatic N) is 6. The van der Waals surface area contributed by atoms with Gasteiger partial charge in [0.1, 0.15) is 11.4 Å². The van der Waals surface area contributed by atoms with E-state index in [-0.39, 0.29) is 11.6 Å². The molecule has 3 aromatic rings. The Morgan fingerprint density at radius 1 is 1.25 bits per heavy atom. The standard InChI is InChI=1S/C21H18N6O4S/c1-3-31-18-10-5-4-9-16(18)23-24-19-13(2)25-26(20(19)28)21-22-17(12-32-21)14-7-6-8-15(11-14)27(29)30/h4-12,19H,3H2,1-2H3/t19-/m0/s1. The fourth-order valence-electron chi connectivity index (χ4n) is 3.04. The van der Waals surface area contributed by atoms with Crippen LogP contribution in [0.1, 0.15) is 13.8 Å². The largest absolute Gasteiger partial charge is 0.492 e. The predicted molar refractivity (Wildman–Crippen MR) is 121 cm³/mol. The Morgan fingerprint density at radius 2 is 2.06 bits per heavy atom. The number of rotatable bonds is 7. The molecule has 0 saturated carbocycles. The second-order valence-electron chi connectivity index (χ2n) is 6.73. The summed E-state index contributed by atoms with van der Waals surface area (Å²) in [6, 6.07) is 12.5. The van der Waals surface area contributed by atoms with Crippen molar-refractivity contribution in [3.05, 3.63) is 64.0 Å². The van der Waals surface area contributed by atoms with Gasteiger partial charge in [-0.05, 0) is 26.0 Å². The van der Waals surface area contributed by atoms with Crippen LogP contribution in [-0.4, -0.2) is 34.2 Å². The number of carbonyl (C=O) groups is 1. The lowest BCUT2D eigenvalue weighted by Crippen LogP contribution is -2.29. The van der Waals surface area contributed by atoms with Crippen molar-refractivity contribution in [1.82, 2.24) is 4.98 Å². The molecule has 2 aromatic carbocycles. The molecule has 0 fully saturated rings. The summed E-state index contributed by atoms with van der Waals surface area (Å²) in [6.07, 6.45) is 0. The zero-order valence-corrected chi connectivity index (χ0v) is 18.0. The van der Waals surface area contributed by atoms with E-state index in [9.17, 15) is 14.9 Å². The summed E-state index contributed by atoms with van der Waals surface area (Å²) in [5.41, 5.74) is 2.08. The van der Waals surface area contributed by atoms with Gasteiger partial charge in [-0.3, -0.25) is 14.9 Å². The van der Waals surface area contributed by atoms with Crippen molar-refractivity contribution < 1.29 is 14.5 Å². The molecule has 162 valence electrons. The third kappa shape index (κ3) is 4.23. The summed E-state index contributed by atoms with van der Waals surface area (Å²) in [5, 5.41) is 27.0. The lowest BCUT2D eigenvalue weighted by atomic mass is 10.1. The highest BCUT2D eigenvalue weighted by Crippen LogP contribution is 2.32. The third-order valence-electron chi connectivity index (χ3n) is 4.57. The summed E-state index contributed by atoms with van der Waals surface area (Å²) in [5.74, 6) is 0.206. The Morgan fingerprint density at radius 3 is 2.84 bits per heavy atom. The Hall–Kier alpha value is -3.99. The van der Waals surface area contributed by atoms with Crippen LogP contribution in [0.3, 0.4) is 0 Å². The SMILES string of the molecule is CCOc1ccccc1N=N[C@@H]1C(=O)N(c2nc(-c3cccc([N+](=O)[O-])c3)cs2)N=C1C. The van der Waals surface area contributed by atoms with Crippen molar-refractivity contribution in [2.45, 2.75) is 19.9 Å². The molecule has 11 heteroatoms. The van der Waals surface area contributed by atoms with Crippen molar-refractivity contribution in [2.24, 2.45) is 15.3 Å². The van der Waals surface area contributed by atoms with E-state index in [2.05, 4.69) is 20.3 Å². The van der Waals surface area contributed by atoms with Crippen LogP contribution in [0.2, 0.25) is 0 Å². The van der Waals surface area contributed by atoms with E-state index in [1.54, 1.807) is 36.6 Å². The van der Waals surface area contributed by atoms with E-state index < -0.39 is 11.0 Å². The summed E-state index contributed by atoms with van der Waals surface area (Å²) in [6.45, 7) is 4.06. The molecular formula is C21H18N6O4S. The number of anilines is 1. The van der Waals surface area contributed by atoms with Crippen LogP contribution in [-0.2, 0) is 4.79 Å². The third-order valence-corrected chi connectivity index (χ3v) is 5.38. The van der Waals surface area contributed by atoms with Gasteiger partial charge in [0.05, 0.1) is 22.9 Å². The number of nitro benzene ring substituents is 1. The number of carbonyl (C=O) groups excluding carboxylic acids is 1. The minimum Gasteiger partial charge on any atom is -0.492 e. The topological polar surface area (TPSA) is 123 Å². The molecule has 0 aliphatic carbocycles. The van der Waals surface area contributed by atoms with Crippen molar-refractivity contribution in [1.29, 1.82) is 0 Å². The van der Waals surface area contributed by atoms with Gasteiger partial charge in [0.15, 0.2) is 6.04 Å². The minimum atomic E-state index is -0.866. The van der Waals surface area contributed by atoms with Gasteiger partial charge in [-0.25, -0.2) is 4.98 Å². The van der Waals surface area contributed by atoms with Crippen molar-refractivity contribution in [2.75, 3.05) is 11.6 Å². The van der Waals surface area contributed by atoms with E-state index in [4.69, 9.17) is 4.74 Å². The molecule has 2 heterocycles. The van der Waals surface area contributed by atoms with E-state index >= 15 is 0 Å². The number of ether oxygens (including phenoxy) is 1. The number of thiazole rings is 1. The molecule has 0 N–H and O–H groups in total. The van der Waals surface area contributed by atoms with Gasteiger partial charge in [0.25, 0.3) is 11.6 Å². The zero-order chi connectivity index (χ0) is 22.7. The quantitative estimate of drug-likeness (QED) is 0.285. The van der Waals surface area contributed by atoms with Crippen LogP contribution < -0.4 is 9.75 Å². The maximum Gasteiger partial charge on any atom is 0.282 e. The van der Waals surface area contributed by atoms with Crippen LogP contribution in [0.15, 0.2) is 69.2 Å². The van der Waals surface area contributed by atoms with Crippen LogP contribution in [0.4, 0.5) is 16.5 Å². The van der Waals surface area contributed by atoms with Gasteiger partial charge in [0.2, 0.25) is 5.13 Å². The molecule has 32 heavy (non-hydrogen) atoms. The summed E-state index contributed by atoms with van der Waals surface area (Å²) >= 11 is 1.21. The number of nitro groups is 1. The number of benzene rings is 2. The van der Waals surface area contributed by atoms with Gasteiger partial charge in [-0.2, -0.15) is 20.3 Å². The second-order valence-corrected chi connectivity index (χ2v) is 7.57. The van der Waals surface area contributed by atoms with Crippen molar-refractivity contribution >= 4 is 39.5 Å². The molecule has 0 unspecified atom stereocenters. The number of hydrogen-bond donors (Lipinski definition) is 0. The number of para-hydroxylation sites is 1. The van der Waals surface area contributed by atoms with E-state index in [1.165, 1.54) is 28.5 Å².